The van der Waals surface area contributed by atoms with Crippen molar-refractivity contribution in [2.45, 2.75) is 85.8 Å². The van der Waals surface area contributed by atoms with E-state index in [1.165, 1.54) is 24.3 Å². The molecule has 280 valence electrons. The van der Waals surface area contributed by atoms with E-state index in [9.17, 15) is 32.4 Å². The number of amides is 5. The molecule has 0 saturated carbocycles. The smallest absolute Gasteiger partial charge is 0.328 e. The predicted molar refractivity (Wildman–Crippen MR) is 192 cm³/mol. The largest absolute Gasteiger partial charge is 0.462 e. The van der Waals surface area contributed by atoms with Gasteiger partial charge in [-0.1, -0.05) is 18.6 Å². The summed E-state index contributed by atoms with van der Waals surface area (Å²) in [7, 11) is -3.90. The summed E-state index contributed by atoms with van der Waals surface area (Å²) < 4.78 is 28.3. The number of unbranched alkanes of at least 4 members (excludes halogenated alkanes) is 2. The van der Waals surface area contributed by atoms with Crippen LogP contribution in [0.4, 0.5) is 4.79 Å². The van der Waals surface area contributed by atoms with Gasteiger partial charge in [0.1, 0.15) is 12.6 Å². The van der Waals surface area contributed by atoms with Crippen molar-refractivity contribution in [3.63, 3.8) is 0 Å². The van der Waals surface area contributed by atoms with Crippen molar-refractivity contribution < 1.29 is 37.1 Å². The number of rotatable bonds is 19. The summed E-state index contributed by atoms with van der Waals surface area (Å²) in [6.45, 7) is 2.06. The number of fused-ring (bicyclic) bond motifs is 1. The summed E-state index contributed by atoms with van der Waals surface area (Å²) in [5.41, 5.74) is 0.786. The van der Waals surface area contributed by atoms with Crippen molar-refractivity contribution in [3.8, 4) is 0 Å². The predicted octanol–water partition coefficient (Wildman–Crippen LogP) is 2.06. The zero-order chi connectivity index (χ0) is 37.3. The SMILES string of the molecule is CC1(c2ccc(C(=O)N[C@@H](CCCCNC(=O)CCCC[C@@H]3SC[C@@H]4NC(=O)N[C@@H]43)C(=O)OCCNC(=O)c3ccc(S(N)(=O)=O)cc3)cc2)N=N1. The standard InChI is InChI=1S/C34H44N8O8S2/c1-34(41-42-34)23-13-9-22(10-14-23)31(45)38-25(32(46)50-19-18-37-30(44)21-11-15-24(16-12-21)52(35,48)49)6-4-5-17-36-28(43)8-3-2-7-27-29-26(20-51-27)39-33(47)40-29/h9-16,25-27,29H,2-8,17-20H2,1H3,(H,36,43)(H,37,44)(H,38,45)(H2,35,48,49)(H2,39,40,47)/t25-,26-,27-,29-/m0/s1. The molecule has 0 radical (unpaired) electrons. The number of benzene rings is 2. The first-order valence-corrected chi connectivity index (χ1v) is 19.8. The van der Waals surface area contributed by atoms with Crippen LogP contribution in [-0.2, 0) is 30.0 Å². The second-order valence-electron chi connectivity index (χ2n) is 13.0. The molecule has 2 aromatic rings. The maximum absolute atomic E-state index is 13.1. The minimum absolute atomic E-state index is 0.0289. The van der Waals surface area contributed by atoms with Gasteiger partial charge in [-0.25, -0.2) is 23.1 Å². The highest BCUT2D eigenvalue weighted by molar-refractivity contribution is 8.00. The molecule has 0 bridgehead atoms. The van der Waals surface area contributed by atoms with Crippen LogP contribution in [0.3, 0.4) is 0 Å². The Bertz CT molecular complexity index is 1770. The molecular weight excluding hydrogens is 713 g/mol. The van der Waals surface area contributed by atoms with Crippen LogP contribution in [0.25, 0.3) is 0 Å². The van der Waals surface area contributed by atoms with Crippen molar-refractivity contribution in [1.29, 1.82) is 0 Å². The monoisotopic (exact) mass is 756 g/mol. The van der Waals surface area contributed by atoms with Gasteiger partial charge in [-0.2, -0.15) is 22.0 Å². The molecule has 4 atom stereocenters. The van der Waals surface area contributed by atoms with E-state index in [0.717, 1.165) is 30.6 Å². The lowest BCUT2D eigenvalue weighted by atomic mass is 10.0. The first kappa shape index (κ1) is 38.7. The number of esters is 1. The molecule has 52 heavy (non-hydrogen) atoms. The number of urea groups is 1. The Hall–Kier alpha value is -4.55. The Morgan fingerprint density at radius 3 is 2.33 bits per heavy atom. The van der Waals surface area contributed by atoms with E-state index in [1.54, 1.807) is 24.3 Å². The number of nitrogens with one attached hydrogen (secondary N) is 5. The molecule has 3 heterocycles. The van der Waals surface area contributed by atoms with E-state index in [2.05, 4.69) is 36.8 Å². The molecule has 2 aromatic carbocycles. The Kier molecular flexibility index (Phi) is 12.9. The first-order valence-electron chi connectivity index (χ1n) is 17.2. The molecule has 16 nitrogen and oxygen atoms in total. The van der Waals surface area contributed by atoms with Crippen LogP contribution in [0.5, 0.6) is 0 Å². The summed E-state index contributed by atoms with van der Waals surface area (Å²) in [5, 5.41) is 27.6. The zero-order valence-electron chi connectivity index (χ0n) is 28.8. The fourth-order valence-electron chi connectivity index (χ4n) is 6.00. The third kappa shape index (κ3) is 10.7. The Morgan fingerprint density at radius 1 is 0.942 bits per heavy atom. The zero-order valence-corrected chi connectivity index (χ0v) is 30.4. The Morgan fingerprint density at radius 2 is 1.63 bits per heavy atom. The number of primary sulfonamides is 1. The average molecular weight is 757 g/mol. The molecular formula is C34H44N8O8S2. The normalized spacial score (nSPS) is 20.2. The molecule has 5 amide bonds. The van der Waals surface area contributed by atoms with Crippen LogP contribution < -0.4 is 31.7 Å². The van der Waals surface area contributed by atoms with Crippen molar-refractivity contribution in [1.82, 2.24) is 26.6 Å². The molecule has 2 fully saturated rings. The van der Waals surface area contributed by atoms with Crippen LogP contribution in [0, 0.1) is 0 Å². The highest BCUT2D eigenvalue weighted by Gasteiger charge is 2.42. The van der Waals surface area contributed by atoms with E-state index in [1.807, 2.05) is 18.7 Å². The van der Waals surface area contributed by atoms with E-state index >= 15 is 0 Å². The van der Waals surface area contributed by atoms with Gasteiger partial charge in [0, 0.05) is 40.7 Å². The molecule has 7 N–H and O–H groups in total. The Balaban J connectivity index is 1.03. The molecule has 0 unspecified atom stereocenters. The topological polar surface area (TPSA) is 240 Å². The van der Waals surface area contributed by atoms with Crippen LogP contribution in [-0.4, -0.2) is 87.0 Å². The summed E-state index contributed by atoms with van der Waals surface area (Å²) in [6.07, 6.45) is 4.30. The summed E-state index contributed by atoms with van der Waals surface area (Å²) in [6, 6.07) is 11.1. The van der Waals surface area contributed by atoms with Gasteiger partial charge < -0.3 is 31.3 Å². The molecule has 18 heteroatoms. The molecule has 0 aromatic heterocycles. The lowest BCUT2D eigenvalue weighted by Crippen LogP contribution is -2.42. The molecule has 3 aliphatic heterocycles. The minimum Gasteiger partial charge on any atom is -0.462 e. The van der Waals surface area contributed by atoms with Gasteiger partial charge in [0.25, 0.3) is 11.8 Å². The first-order chi connectivity index (χ1) is 24.8. The summed E-state index contributed by atoms with van der Waals surface area (Å²) in [4.78, 5) is 62.5. The third-order valence-electron chi connectivity index (χ3n) is 9.08. The van der Waals surface area contributed by atoms with Gasteiger partial charge in [0.2, 0.25) is 21.6 Å². The van der Waals surface area contributed by atoms with E-state index in [0.29, 0.717) is 36.6 Å². The number of ether oxygens (including phenoxy) is 1. The lowest BCUT2D eigenvalue weighted by Gasteiger charge is -2.18. The number of hydrogen-bond acceptors (Lipinski definition) is 11. The van der Waals surface area contributed by atoms with Gasteiger partial charge in [-0.05, 0) is 75.4 Å². The molecule has 5 rings (SSSR count). The quantitative estimate of drug-likeness (QED) is 0.0698. The maximum Gasteiger partial charge on any atom is 0.328 e. The van der Waals surface area contributed by atoms with Crippen molar-refractivity contribution in [3.05, 3.63) is 65.2 Å². The third-order valence-corrected chi connectivity index (χ3v) is 11.5. The average Bonchev–Trinajstić information content (AvgIpc) is 3.61. The molecule has 3 aliphatic rings. The van der Waals surface area contributed by atoms with E-state index in [-0.39, 0.29) is 54.1 Å². The Labute approximate surface area is 306 Å². The fourth-order valence-corrected chi connectivity index (χ4v) is 8.06. The molecule has 0 aliphatic carbocycles. The van der Waals surface area contributed by atoms with Crippen LogP contribution in [0.15, 0.2) is 63.7 Å². The number of thioether (sulfide) groups is 1. The number of nitrogens with zero attached hydrogens (tertiary/aromatic N) is 2. The number of sulfonamides is 1. The second-order valence-corrected chi connectivity index (χ2v) is 15.9. The number of hydrogen-bond donors (Lipinski definition) is 6. The second kappa shape index (κ2) is 17.3. The van der Waals surface area contributed by atoms with Gasteiger partial charge in [-0.3, -0.25) is 14.4 Å². The van der Waals surface area contributed by atoms with E-state index < -0.39 is 39.5 Å². The van der Waals surface area contributed by atoms with Gasteiger partial charge >= 0.3 is 12.0 Å². The van der Waals surface area contributed by atoms with Gasteiger partial charge in [0.05, 0.1) is 23.5 Å². The number of carbonyl (C=O) groups is 5. The molecule has 2 saturated heterocycles. The maximum atomic E-state index is 13.1. The highest BCUT2D eigenvalue weighted by Crippen LogP contribution is 2.38. The number of carbonyl (C=O) groups excluding carboxylic acids is 5. The summed E-state index contributed by atoms with van der Waals surface area (Å²) in [5.74, 6) is -0.798. The van der Waals surface area contributed by atoms with Crippen molar-refractivity contribution in [2.24, 2.45) is 15.4 Å². The van der Waals surface area contributed by atoms with Gasteiger partial charge in [0.15, 0.2) is 0 Å². The highest BCUT2D eigenvalue weighted by atomic mass is 32.2. The van der Waals surface area contributed by atoms with Crippen LogP contribution in [0.1, 0.15) is 78.1 Å². The van der Waals surface area contributed by atoms with E-state index in [4.69, 9.17) is 9.88 Å². The fraction of sp³-hybridized carbons (Fsp3) is 0.500. The lowest BCUT2D eigenvalue weighted by molar-refractivity contribution is -0.146. The van der Waals surface area contributed by atoms with Gasteiger partial charge in [-0.15, -0.1) is 0 Å². The summed E-state index contributed by atoms with van der Waals surface area (Å²) >= 11 is 1.85. The minimum atomic E-state index is -3.90. The number of nitrogens with two attached hydrogens (primary N) is 1. The van der Waals surface area contributed by atoms with Crippen molar-refractivity contribution in [2.75, 3.05) is 25.4 Å². The van der Waals surface area contributed by atoms with Crippen LogP contribution >= 0.6 is 11.8 Å². The van der Waals surface area contributed by atoms with Crippen molar-refractivity contribution >= 4 is 51.5 Å². The molecule has 0 spiro atoms. The van der Waals surface area contributed by atoms with Crippen LogP contribution in [0.2, 0.25) is 0 Å².